The third kappa shape index (κ3) is 9.22. The maximum atomic E-state index is 4.19. The van der Waals surface area contributed by atoms with E-state index in [0.717, 1.165) is 11.4 Å². The molecule has 0 amide bonds. The van der Waals surface area contributed by atoms with Crippen molar-refractivity contribution in [1.82, 2.24) is 0 Å². The van der Waals surface area contributed by atoms with Gasteiger partial charge < -0.3 is 0 Å². The van der Waals surface area contributed by atoms with Gasteiger partial charge >= 0.3 is 0 Å². The molecule has 2 aromatic carbocycles. The number of nitrogens with zero attached hydrogens (tertiary/aromatic N) is 2. The van der Waals surface area contributed by atoms with Crippen molar-refractivity contribution in [3.05, 3.63) is 60.2 Å². The molecule has 0 spiro atoms. The molecule has 0 fully saturated rings. The first-order chi connectivity index (χ1) is 10.3. The molecule has 0 N–H and O–H groups in total. The molecule has 0 unspecified atom stereocenters. The van der Waals surface area contributed by atoms with Crippen LogP contribution in [0.15, 0.2) is 58.8 Å². The van der Waals surface area contributed by atoms with Gasteiger partial charge in [0.1, 0.15) is 0 Å². The van der Waals surface area contributed by atoms with E-state index in [1.807, 2.05) is 64.1 Å². The van der Waals surface area contributed by atoms with Crippen LogP contribution in [0.3, 0.4) is 0 Å². The second-order valence-corrected chi connectivity index (χ2v) is 4.20. The fourth-order valence-corrected chi connectivity index (χ4v) is 1.49. The first-order valence-corrected chi connectivity index (χ1v) is 7.73. The third-order valence-corrected chi connectivity index (χ3v) is 2.54. The van der Waals surface area contributed by atoms with Crippen molar-refractivity contribution in [3.63, 3.8) is 0 Å². The molecule has 0 bridgehead atoms. The van der Waals surface area contributed by atoms with E-state index in [4.69, 9.17) is 0 Å². The molecule has 117 valence electrons. The molecule has 0 aliphatic heterocycles. The summed E-state index contributed by atoms with van der Waals surface area (Å²) in [6.45, 7) is 12.4. The molecule has 0 atom stereocenters. The molecule has 1 radical (unpaired) electrons. The molecule has 3 heteroatoms. The van der Waals surface area contributed by atoms with Crippen LogP contribution in [0, 0.1) is 6.07 Å². The van der Waals surface area contributed by atoms with Crippen LogP contribution in [0.4, 0.5) is 11.4 Å². The van der Waals surface area contributed by atoms with Gasteiger partial charge in [-0.3, -0.25) is 0 Å². The van der Waals surface area contributed by atoms with Crippen molar-refractivity contribution in [2.75, 3.05) is 0 Å². The van der Waals surface area contributed by atoms with E-state index in [9.17, 15) is 0 Å². The number of rotatable bonds is 3. The Morgan fingerprint density at radius 2 is 1.14 bits per heavy atom. The molecule has 0 aliphatic rings. The zero-order chi connectivity index (χ0) is 16.1. The number of azo groups is 1. The summed E-state index contributed by atoms with van der Waals surface area (Å²) in [6, 6.07) is 18.5. The number of hydrogen-bond acceptors (Lipinski definition) is 2. The van der Waals surface area contributed by atoms with Crippen LogP contribution in [0.25, 0.3) is 0 Å². The zero-order valence-corrected chi connectivity index (χ0v) is 17.5. The van der Waals surface area contributed by atoms with Gasteiger partial charge in [0.15, 0.2) is 0 Å². The topological polar surface area (TPSA) is 24.7 Å². The van der Waals surface area contributed by atoms with Crippen LogP contribution in [-0.4, -0.2) is 0 Å². The van der Waals surface area contributed by atoms with Gasteiger partial charge in [-0.05, 0) is 29.3 Å². The van der Waals surface area contributed by atoms with Gasteiger partial charge in [0.05, 0.1) is 5.69 Å². The van der Waals surface area contributed by atoms with E-state index in [1.54, 1.807) is 0 Å². The van der Waals surface area contributed by atoms with Crippen LogP contribution in [-0.2, 0) is 32.7 Å². The average Bonchev–Trinajstić information content (AvgIpc) is 2.58. The van der Waals surface area contributed by atoms with E-state index in [1.165, 1.54) is 5.56 Å². The van der Waals surface area contributed by atoms with Crippen molar-refractivity contribution in [2.24, 2.45) is 10.2 Å². The second-order valence-electron chi connectivity index (χ2n) is 4.20. The molecule has 2 rings (SSSR count). The van der Waals surface area contributed by atoms with Gasteiger partial charge in [-0.1, -0.05) is 53.7 Å². The molecule has 0 saturated carbocycles. The normalized spacial score (nSPS) is 9.23. The van der Waals surface area contributed by atoms with Crippen molar-refractivity contribution in [2.45, 2.75) is 47.5 Å². The largest absolute Gasteiger partial charge is 0.184 e. The quantitative estimate of drug-likeness (QED) is 0.406. The summed E-state index contributed by atoms with van der Waals surface area (Å²) in [4.78, 5) is 0. The van der Waals surface area contributed by atoms with Gasteiger partial charge in [-0.25, -0.2) is 0 Å². The summed E-state index contributed by atoms with van der Waals surface area (Å²) in [7, 11) is 0. The fraction of sp³-hybridized carbons (Fsp3) is 0.368. The number of benzene rings is 2. The minimum Gasteiger partial charge on any atom is -0.184 e. The van der Waals surface area contributed by atoms with E-state index in [0.29, 0.717) is 5.92 Å². The molecule has 2 nitrogen and oxygen atoms in total. The average molecular weight is 372 g/mol. The predicted octanol–water partition coefficient (Wildman–Crippen LogP) is 7.08. The Morgan fingerprint density at radius 1 is 0.727 bits per heavy atom. The van der Waals surface area contributed by atoms with E-state index < -0.39 is 0 Å². The summed E-state index contributed by atoms with van der Waals surface area (Å²) >= 11 is 0. The Kier molecular flexibility index (Phi) is 16.0. The van der Waals surface area contributed by atoms with Crippen molar-refractivity contribution in [3.8, 4) is 0 Å². The second kappa shape index (κ2) is 15.1. The Bertz CT molecular complexity index is 491. The predicted molar refractivity (Wildman–Crippen MR) is 92.7 cm³/mol. The van der Waals surface area contributed by atoms with Gasteiger partial charge in [-0.15, -0.1) is 12.1 Å². The van der Waals surface area contributed by atoms with Crippen LogP contribution in [0.2, 0.25) is 0 Å². The molecule has 0 aliphatic carbocycles. The minimum absolute atomic E-state index is 0. The monoisotopic (exact) mass is 372 g/mol. The molecule has 0 heterocycles. The van der Waals surface area contributed by atoms with Crippen molar-refractivity contribution in [1.29, 1.82) is 0 Å². The van der Waals surface area contributed by atoms with Crippen LogP contribution >= 0.6 is 0 Å². The Labute approximate surface area is 161 Å². The Balaban J connectivity index is 0. The Morgan fingerprint density at radius 3 is 1.55 bits per heavy atom. The molecule has 2 aromatic rings. The van der Waals surface area contributed by atoms with E-state index in [2.05, 4.69) is 42.3 Å². The van der Waals surface area contributed by atoms with Crippen molar-refractivity contribution < 1.29 is 32.7 Å². The number of hydrogen-bond donors (Lipinski definition) is 0. The van der Waals surface area contributed by atoms with Gasteiger partial charge in [0.2, 0.25) is 0 Å². The first-order valence-electron chi connectivity index (χ1n) is 7.73. The van der Waals surface area contributed by atoms with Crippen LogP contribution in [0.5, 0.6) is 0 Å². The van der Waals surface area contributed by atoms with Gasteiger partial charge in [0.25, 0.3) is 0 Å². The summed E-state index contributed by atoms with van der Waals surface area (Å²) in [5.74, 6) is 0.547. The van der Waals surface area contributed by atoms with Crippen molar-refractivity contribution >= 4 is 11.4 Å². The minimum atomic E-state index is 0. The van der Waals surface area contributed by atoms with Gasteiger partial charge in [0, 0.05) is 32.7 Å². The van der Waals surface area contributed by atoms with Crippen LogP contribution in [0.1, 0.15) is 53.0 Å². The summed E-state index contributed by atoms with van der Waals surface area (Å²) < 4.78 is 0. The molecular weight excluding hydrogens is 345 g/mol. The molecule has 0 saturated heterocycles. The summed E-state index contributed by atoms with van der Waals surface area (Å²) in [5, 5.41) is 8.34. The Hall–Kier alpha value is -0.856. The van der Waals surface area contributed by atoms with Crippen LogP contribution < -0.4 is 0 Å². The third-order valence-electron chi connectivity index (χ3n) is 2.54. The first kappa shape index (κ1) is 23.4. The summed E-state index contributed by atoms with van der Waals surface area (Å²) in [5.41, 5.74) is 3.04. The maximum absolute atomic E-state index is 4.19. The van der Waals surface area contributed by atoms with Gasteiger partial charge in [-0.2, -0.15) is 28.4 Å². The van der Waals surface area contributed by atoms with E-state index >= 15 is 0 Å². The SMILES string of the molecule is CC.CC.CC(C)c1ccc(N=Nc2cc[c-]cc2)cc1.[Y]. The smallest absolute Gasteiger partial charge is 0.0856 e. The maximum Gasteiger partial charge on any atom is 0.0856 e. The molecular formula is C19H27N2Y-. The van der Waals surface area contributed by atoms with E-state index in [-0.39, 0.29) is 32.7 Å². The summed E-state index contributed by atoms with van der Waals surface area (Å²) in [6.07, 6.45) is 0. The zero-order valence-electron chi connectivity index (χ0n) is 14.7. The molecule has 0 aromatic heterocycles. The molecule has 22 heavy (non-hydrogen) atoms. The fourth-order valence-electron chi connectivity index (χ4n) is 1.49. The standard InChI is InChI=1S/C15H15N2.2C2H6.Y/c1-12(2)13-8-10-15(11-9-13)17-16-14-6-4-3-5-7-14;2*1-2;/h4-12H,1-2H3;2*1-2H3;/q-1;;;.